The van der Waals surface area contributed by atoms with E-state index in [0.29, 0.717) is 94.2 Å². The van der Waals surface area contributed by atoms with E-state index in [1.54, 1.807) is 16.8 Å². The summed E-state index contributed by atoms with van der Waals surface area (Å²) in [5, 5.41) is 26.3. The van der Waals surface area contributed by atoms with Gasteiger partial charge >= 0.3 is 6.18 Å². The molecule has 0 aliphatic carbocycles. The predicted octanol–water partition coefficient (Wildman–Crippen LogP) is 4.30. The van der Waals surface area contributed by atoms with Gasteiger partial charge in [0.15, 0.2) is 0 Å². The molecule has 2 fully saturated rings. The topological polar surface area (TPSA) is 105 Å². The number of alkyl halides is 4. The number of phenols is 1. The number of nitrogens with zero attached hydrogens (tertiary/aromatic N) is 6. The van der Waals surface area contributed by atoms with Gasteiger partial charge in [-0.05, 0) is 37.1 Å². The van der Waals surface area contributed by atoms with Crippen LogP contribution in [0.15, 0.2) is 47.4 Å². The number of sulfonamides is 1. The van der Waals surface area contributed by atoms with Crippen LogP contribution in [0.4, 0.5) is 23.2 Å². The van der Waals surface area contributed by atoms with E-state index in [9.17, 15) is 36.2 Å². The van der Waals surface area contributed by atoms with Crippen molar-refractivity contribution in [3.05, 3.63) is 59.3 Å². The van der Waals surface area contributed by atoms with Crippen LogP contribution in [-0.4, -0.2) is 126 Å². The largest absolute Gasteiger partial charge is 0.506 e. The van der Waals surface area contributed by atoms with E-state index in [4.69, 9.17) is 5.10 Å². The van der Waals surface area contributed by atoms with Gasteiger partial charge in [-0.3, -0.25) is 9.58 Å². The highest BCUT2D eigenvalue weighted by Crippen LogP contribution is 2.40. The number of hydrogen-bond acceptors (Lipinski definition) is 9. The van der Waals surface area contributed by atoms with E-state index in [0.717, 1.165) is 35.5 Å². The molecule has 2 saturated heterocycles. The van der Waals surface area contributed by atoms with Crippen molar-refractivity contribution in [2.45, 2.75) is 55.7 Å². The Morgan fingerprint density at radius 3 is 2.38 bits per heavy atom. The predicted molar refractivity (Wildman–Crippen MR) is 186 cm³/mol. The van der Waals surface area contributed by atoms with Crippen molar-refractivity contribution in [3.8, 4) is 17.0 Å². The summed E-state index contributed by atoms with van der Waals surface area (Å²) in [7, 11) is -3.55. The first-order valence-corrected chi connectivity index (χ1v) is 19.8. The van der Waals surface area contributed by atoms with Gasteiger partial charge in [0, 0.05) is 99.3 Å². The van der Waals surface area contributed by atoms with Gasteiger partial charge in [-0.25, -0.2) is 12.8 Å². The van der Waals surface area contributed by atoms with E-state index in [2.05, 4.69) is 14.7 Å². The van der Waals surface area contributed by atoms with Gasteiger partial charge in [0.2, 0.25) is 10.0 Å². The number of likely N-dealkylation sites (tertiary alicyclic amines) is 1. The van der Waals surface area contributed by atoms with Crippen LogP contribution in [0.5, 0.6) is 5.75 Å². The maximum absolute atomic E-state index is 14.1. The summed E-state index contributed by atoms with van der Waals surface area (Å²) >= 11 is 1.10. The van der Waals surface area contributed by atoms with Gasteiger partial charge in [-0.1, -0.05) is 18.2 Å². The summed E-state index contributed by atoms with van der Waals surface area (Å²) < 4.78 is 84.1. The van der Waals surface area contributed by atoms with Crippen LogP contribution in [0.25, 0.3) is 11.3 Å². The minimum absolute atomic E-state index is 0.0297. The van der Waals surface area contributed by atoms with Crippen molar-refractivity contribution in [1.29, 1.82) is 0 Å². The number of phenolic OH excluding ortho intramolecular Hbond substituents is 1. The molecule has 0 unspecified atom stereocenters. The van der Waals surface area contributed by atoms with Crippen molar-refractivity contribution >= 4 is 27.5 Å². The third kappa shape index (κ3) is 8.76. The van der Waals surface area contributed by atoms with Gasteiger partial charge in [-0.15, -0.1) is 11.8 Å². The third-order valence-corrected chi connectivity index (χ3v) is 12.0. The number of piperazine rings is 1. The van der Waals surface area contributed by atoms with Crippen molar-refractivity contribution in [2.24, 2.45) is 0 Å². The first-order chi connectivity index (χ1) is 23.8. The molecule has 3 aliphatic rings. The van der Waals surface area contributed by atoms with E-state index < -0.39 is 34.0 Å². The van der Waals surface area contributed by atoms with Crippen LogP contribution in [-0.2, 0) is 35.7 Å². The fourth-order valence-electron chi connectivity index (χ4n) is 7.02. The summed E-state index contributed by atoms with van der Waals surface area (Å²) in [6.07, 6.45) is -3.88. The van der Waals surface area contributed by atoms with Gasteiger partial charge < -0.3 is 20.0 Å². The Bertz CT molecular complexity index is 1740. The molecule has 0 saturated carbocycles. The van der Waals surface area contributed by atoms with Crippen LogP contribution < -0.4 is 4.90 Å². The summed E-state index contributed by atoms with van der Waals surface area (Å²) in [5.74, 6) is 0.619. The molecule has 2 aromatic carbocycles. The number of piperidine rings is 1. The van der Waals surface area contributed by atoms with Crippen LogP contribution in [0.1, 0.15) is 29.7 Å². The van der Waals surface area contributed by atoms with Gasteiger partial charge in [0.1, 0.15) is 11.9 Å². The van der Waals surface area contributed by atoms with E-state index >= 15 is 0 Å². The van der Waals surface area contributed by atoms with E-state index in [1.165, 1.54) is 16.4 Å². The maximum atomic E-state index is 14.1. The number of aromatic nitrogens is 2. The lowest BCUT2D eigenvalue weighted by molar-refractivity contribution is -0.139. The zero-order valence-electron chi connectivity index (χ0n) is 28.0. The van der Waals surface area contributed by atoms with E-state index in [-0.39, 0.29) is 30.3 Å². The number of benzene rings is 2. The number of hydrogen-bond donors (Lipinski definition) is 2. The minimum Gasteiger partial charge on any atom is -0.506 e. The molecule has 4 heterocycles. The van der Waals surface area contributed by atoms with Gasteiger partial charge in [0.05, 0.1) is 35.8 Å². The summed E-state index contributed by atoms with van der Waals surface area (Å²) in [6, 6.07) is 11.1. The third-order valence-electron chi connectivity index (χ3n) is 9.76. The molecule has 274 valence electrons. The number of β-amino-alcohol motifs (C(OH)–C–C–N with tert-alkyl or cyclic N) is 1. The lowest BCUT2D eigenvalue weighted by Crippen LogP contribution is -2.49. The second kappa shape index (κ2) is 15.4. The van der Waals surface area contributed by atoms with Gasteiger partial charge in [0.25, 0.3) is 0 Å². The number of fused-ring (bicyclic) bond motifs is 1. The fourth-order valence-corrected chi connectivity index (χ4v) is 8.93. The normalized spacial score (nSPS) is 19.5. The van der Waals surface area contributed by atoms with E-state index in [1.807, 2.05) is 12.1 Å². The van der Waals surface area contributed by atoms with Gasteiger partial charge in [-0.2, -0.15) is 22.6 Å². The number of anilines is 1. The number of rotatable bonds is 11. The van der Waals surface area contributed by atoms with Crippen molar-refractivity contribution in [3.63, 3.8) is 0 Å². The number of aromatic hydroxyl groups is 1. The lowest BCUT2D eigenvalue weighted by atomic mass is 10.0. The van der Waals surface area contributed by atoms with Crippen molar-refractivity contribution in [1.82, 2.24) is 23.9 Å². The second-order valence-corrected chi connectivity index (χ2v) is 16.4. The Kier molecular flexibility index (Phi) is 11.3. The molecule has 50 heavy (non-hydrogen) atoms. The Morgan fingerprint density at radius 1 is 0.980 bits per heavy atom. The smallest absolute Gasteiger partial charge is 0.417 e. The molecular formula is C34H44F4N6O4S2. The molecule has 3 aromatic rings. The quantitative estimate of drug-likeness (QED) is 0.220. The summed E-state index contributed by atoms with van der Waals surface area (Å²) in [4.78, 5) is 6.37. The zero-order valence-corrected chi connectivity index (χ0v) is 29.7. The van der Waals surface area contributed by atoms with Crippen molar-refractivity contribution in [2.75, 3.05) is 75.8 Å². The SMILES string of the molecule is CS(=O)(=O)N1CCc2c(c(-c3ccc(C(F)(F)F)c(SCCN4CCC(F)CC4)c3)nn2C[C@H](O)CN2CCN(c3ccccc3O)CC2)C1. The first kappa shape index (κ1) is 36.9. The molecule has 1 aromatic heterocycles. The monoisotopic (exact) mass is 740 g/mol. The highest BCUT2D eigenvalue weighted by atomic mass is 32.2. The average molecular weight is 741 g/mol. The molecule has 0 amide bonds. The molecule has 0 radical (unpaired) electrons. The molecule has 0 spiro atoms. The van der Waals surface area contributed by atoms with Crippen LogP contribution in [0.2, 0.25) is 0 Å². The molecule has 10 nitrogen and oxygen atoms in total. The first-order valence-electron chi connectivity index (χ1n) is 16.9. The summed E-state index contributed by atoms with van der Waals surface area (Å²) in [5.41, 5.74) is 2.24. The number of para-hydroxylation sites is 2. The molecule has 3 aliphatic heterocycles. The molecule has 0 bridgehead atoms. The average Bonchev–Trinajstić information content (AvgIpc) is 3.42. The zero-order chi connectivity index (χ0) is 35.6. The Balaban J connectivity index is 1.20. The maximum Gasteiger partial charge on any atom is 0.417 e. The minimum atomic E-state index is -4.57. The molecule has 2 N–H and O–H groups in total. The lowest BCUT2D eigenvalue weighted by Gasteiger charge is -2.37. The van der Waals surface area contributed by atoms with Crippen molar-refractivity contribution < 1.29 is 36.2 Å². The highest BCUT2D eigenvalue weighted by Gasteiger charge is 2.35. The fraction of sp³-hybridized carbons (Fsp3) is 0.559. The van der Waals surface area contributed by atoms with Crippen LogP contribution in [0.3, 0.4) is 0 Å². The molecular weight excluding hydrogens is 697 g/mol. The Hall–Kier alpha value is -2.89. The number of thioether (sulfide) groups is 1. The van der Waals surface area contributed by atoms with Crippen LogP contribution >= 0.6 is 11.8 Å². The molecule has 1 atom stereocenters. The summed E-state index contributed by atoms with van der Waals surface area (Å²) in [6.45, 7) is 5.17. The number of aliphatic hydroxyl groups excluding tert-OH is 1. The Morgan fingerprint density at radius 2 is 1.70 bits per heavy atom. The van der Waals surface area contributed by atoms with Crippen LogP contribution in [0, 0.1) is 0 Å². The Labute approximate surface area is 294 Å². The number of aliphatic hydroxyl groups is 1. The second-order valence-electron chi connectivity index (χ2n) is 13.3. The molecule has 6 rings (SSSR count). The number of halogens is 4. The highest BCUT2D eigenvalue weighted by molar-refractivity contribution is 7.99. The molecule has 16 heteroatoms. The standard InChI is InChI=1S/C34H44F4N6O4S2/c1-50(47,48)43-13-10-29-27(23-43)33(24-6-7-28(34(36,37)38)32(20-24)49-19-18-40-11-8-25(35)9-12-40)39-44(29)22-26(45)21-41-14-16-42(17-15-41)30-4-2-3-5-31(30)46/h2-7,20,25-26,45-46H,8-19,21-23H2,1H3/t26-/m1/s1.